The van der Waals surface area contributed by atoms with E-state index in [0.29, 0.717) is 31.0 Å². The molecule has 0 atom stereocenters. The van der Waals surface area contributed by atoms with Gasteiger partial charge in [-0.1, -0.05) is 0 Å². The average Bonchev–Trinajstić information content (AvgIpc) is 2.38. The molecule has 19 heavy (non-hydrogen) atoms. The molecule has 0 spiro atoms. The van der Waals surface area contributed by atoms with E-state index in [0.717, 1.165) is 12.8 Å². The second kappa shape index (κ2) is 5.73. The van der Waals surface area contributed by atoms with E-state index in [1.165, 1.54) is 6.20 Å². The van der Waals surface area contributed by atoms with Crippen LogP contribution in [-0.4, -0.2) is 27.6 Å². The van der Waals surface area contributed by atoms with Gasteiger partial charge >= 0.3 is 11.7 Å². The second-order valence-electron chi connectivity index (χ2n) is 4.92. The van der Waals surface area contributed by atoms with Crippen LogP contribution in [0.3, 0.4) is 0 Å². The topological polar surface area (TPSA) is 115 Å². The van der Waals surface area contributed by atoms with Gasteiger partial charge in [-0.25, -0.2) is 4.79 Å². The van der Waals surface area contributed by atoms with Crippen molar-refractivity contribution in [2.45, 2.75) is 25.7 Å². The zero-order valence-electron chi connectivity index (χ0n) is 10.4. The Kier molecular flexibility index (Phi) is 4.03. The van der Waals surface area contributed by atoms with Crippen molar-refractivity contribution in [3.05, 3.63) is 27.0 Å². The van der Waals surface area contributed by atoms with E-state index in [1.807, 2.05) is 0 Å². The Labute approximate surface area is 109 Å². The summed E-state index contributed by atoms with van der Waals surface area (Å²) in [6.07, 6.45) is 4.40. The minimum Gasteiger partial charge on any atom is -0.481 e. The number of aromatic amines is 2. The fourth-order valence-corrected chi connectivity index (χ4v) is 2.41. The molecule has 0 bridgehead atoms. The van der Waals surface area contributed by atoms with Gasteiger partial charge in [0, 0.05) is 12.7 Å². The predicted octanol–water partition coefficient (Wildman–Crippen LogP) is 0.366. The van der Waals surface area contributed by atoms with Gasteiger partial charge in [0.05, 0.1) is 5.92 Å². The number of aromatic nitrogens is 2. The van der Waals surface area contributed by atoms with Crippen molar-refractivity contribution in [1.82, 2.24) is 9.97 Å². The highest BCUT2D eigenvalue weighted by Crippen LogP contribution is 2.28. The lowest BCUT2D eigenvalue weighted by molar-refractivity contribution is -0.143. The molecular formula is C12H17N3O4. The summed E-state index contributed by atoms with van der Waals surface area (Å²) in [6, 6.07) is 0. The molecule has 0 radical (unpaired) electrons. The molecule has 0 aliphatic heterocycles. The van der Waals surface area contributed by atoms with E-state index < -0.39 is 17.2 Å². The van der Waals surface area contributed by atoms with Crippen molar-refractivity contribution in [1.29, 1.82) is 0 Å². The highest BCUT2D eigenvalue weighted by molar-refractivity contribution is 5.70. The molecule has 2 rings (SSSR count). The van der Waals surface area contributed by atoms with Crippen LogP contribution in [0.5, 0.6) is 0 Å². The molecule has 1 aromatic rings. The van der Waals surface area contributed by atoms with Gasteiger partial charge in [-0.3, -0.25) is 14.6 Å². The third-order valence-electron chi connectivity index (χ3n) is 3.60. The first-order valence-electron chi connectivity index (χ1n) is 6.35. The number of H-pyrrole nitrogens is 2. The Morgan fingerprint density at radius 3 is 2.58 bits per heavy atom. The van der Waals surface area contributed by atoms with E-state index >= 15 is 0 Å². The number of anilines is 1. The zero-order chi connectivity index (χ0) is 13.8. The van der Waals surface area contributed by atoms with Crippen LogP contribution in [0.1, 0.15) is 25.7 Å². The van der Waals surface area contributed by atoms with Crippen molar-refractivity contribution in [2.75, 3.05) is 11.9 Å². The number of hydrogen-bond donors (Lipinski definition) is 4. The summed E-state index contributed by atoms with van der Waals surface area (Å²) >= 11 is 0. The van der Waals surface area contributed by atoms with Crippen LogP contribution in [0.4, 0.5) is 5.69 Å². The monoisotopic (exact) mass is 267 g/mol. The zero-order valence-corrected chi connectivity index (χ0v) is 10.4. The summed E-state index contributed by atoms with van der Waals surface area (Å²) in [6.45, 7) is 0.613. The van der Waals surface area contributed by atoms with Crippen molar-refractivity contribution < 1.29 is 9.90 Å². The molecule has 1 heterocycles. The van der Waals surface area contributed by atoms with Gasteiger partial charge in [0.25, 0.3) is 5.56 Å². The molecule has 1 fully saturated rings. The molecule has 104 valence electrons. The highest BCUT2D eigenvalue weighted by Gasteiger charge is 2.25. The Bertz CT molecular complexity index is 555. The van der Waals surface area contributed by atoms with Gasteiger partial charge in [0.15, 0.2) is 0 Å². The maximum Gasteiger partial charge on any atom is 0.325 e. The van der Waals surface area contributed by atoms with Crippen LogP contribution in [0, 0.1) is 11.8 Å². The molecule has 0 amide bonds. The van der Waals surface area contributed by atoms with Crippen LogP contribution >= 0.6 is 0 Å². The SMILES string of the molecule is O=C(O)C1CCC(CNc2c[nH]c(=O)[nH]c2=O)CC1. The summed E-state index contributed by atoms with van der Waals surface area (Å²) < 4.78 is 0. The summed E-state index contributed by atoms with van der Waals surface area (Å²) in [5, 5.41) is 11.9. The third kappa shape index (κ3) is 3.46. The van der Waals surface area contributed by atoms with Crippen LogP contribution < -0.4 is 16.6 Å². The quantitative estimate of drug-likeness (QED) is 0.629. The first kappa shape index (κ1) is 13.4. The van der Waals surface area contributed by atoms with Crippen molar-refractivity contribution in [3.8, 4) is 0 Å². The molecule has 1 aliphatic carbocycles. The molecule has 1 saturated carbocycles. The number of hydrogen-bond acceptors (Lipinski definition) is 4. The summed E-state index contributed by atoms with van der Waals surface area (Å²) in [4.78, 5) is 37.7. The lowest BCUT2D eigenvalue weighted by atomic mass is 9.82. The van der Waals surface area contributed by atoms with Crippen LogP contribution in [0.2, 0.25) is 0 Å². The predicted molar refractivity (Wildman–Crippen MR) is 69.3 cm³/mol. The van der Waals surface area contributed by atoms with Crippen molar-refractivity contribution in [2.24, 2.45) is 11.8 Å². The summed E-state index contributed by atoms with van der Waals surface area (Å²) in [5.74, 6) is -0.585. The van der Waals surface area contributed by atoms with E-state index in [9.17, 15) is 14.4 Å². The molecule has 0 unspecified atom stereocenters. The Morgan fingerprint density at radius 2 is 2.00 bits per heavy atom. The Hall–Kier alpha value is -2.05. The smallest absolute Gasteiger partial charge is 0.325 e. The number of rotatable bonds is 4. The highest BCUT2D eigenvalue weighted by atomic mass is 16.4. The molecule has 7 heteroatoms. The van der Waals surface area contributed by atoms with Gasteiger partial charge in [0.2, 0.25) is 0 Å². The first-order chi connectivity index (χ1) is 9.06. The molecule has 4 N–H and O–H groups in total. The third-order valence-corrected chi connectivity index (χ3v) is 3.60. The Morgan fingerprint density at radius 1 is 1.32 bits per heavy atom. The molecule has 0 saturated heterocycles. The summed E-state index contributed by atoms with van der Waals surface area (Å²) in [5.41, 5.74) is -0.638. The van der Waals surface area contributed by atoms with E-state index in [1.54, 1.807) is 0 Å². The number of aliphatic carboxylic acids is 1. The number of carboxylic acid groups (broad SMARTS) is 1. The normalized spacial score (nSPS) is 22.9. The van der Waals surface area contributed by atoms with Crippen LogP contribution in [-0.2, 0) is 4.79 Å². The van der Waals surface area contributed by atoms with Gasteiger partial charge in [0.1, 0.15) is 5.69 Å². The fraction of sp³-hybridized carbons (Fsp3) is 0.583. The fourth-order valence-electron chi connectivity index (χ4n) is 2.41. The van der Waals surface area contributed by atoms with Crippen molar-refractivity contribution >= 4 is 11.7 Å². The van der Waals surface area contributed by atoms with E-state index in [4.69, 9.17) is 5.11 Å². The molecule has 0 aromatic carbocycles. The van der Waals surface area contributed by atoms with Gasteiger partial charge in [-0.15, -0.1) is 0 Å². The largest absolute Gasteiger partial charge is 0.481 e. The summed E-state index contributed by atoms with van der Waals surface area (Å²) in [7, 11) is 0. The number of nitrogens with one attached hydrogen (secondary N) is 3. The molecular weight excluding hydrogens is 250 g/mol. The second-order valence-corrected chi connectivity index (χ2v) is 4.92. The number of carboxylic acids is 1. The molecule has 1 aliphatic rings. The maximum absolute atomic E-state index is 11.4. The van der Waals surface area contributed by atoms with Crippen LogP contribution in [0.15, 0.2) is 15.8 Å². The van der Waals surface area contributed by atoms with Gasteiger partial charge < -0.3 is 15.4 Å². The van der Waals surface area contributed by atoms with Gasteiger partial charge in [-0.05, 0) is 31.6 Å². The van der Waals surface area contributed by atoms with E-state index in [-0.39, 0.29) is 5.92 Å². The van der Waals surface area contributed by atoms with Crippen molar-refractivity contribution in [3.63, 3.8) is 0 Å². The molecule has 7 nitrogen and oxygen atoms in total. The van der Waals surface area contributed by atoms with Crippen LogP contribution in [0.25, 0.3) is 0 Å². The Balaban J connectivity index is 1.85. The molecule has 1 aromatic heterocycles. The lowest BCUT2D eigenvalue weighted by Gasteiger charge is -2.26. The lowest BCUT2D eigenvalue weighted by Crippen LogP contribution is -2.28. The maximum atomic E-state index is 11.4. The first-order valence-corrected chi connectivity index (χ1v) is 6.35. The average molecular weight is 267 g/mol. The standard InChI is InChI=1S/C12H17N3O4/c16-10-9(6-14-12(19)15-10)13-5-7-1-3-8(4-2-7)11(17)18/h6-8,13H,1-5H2,(H,17,18)(H2,14,15,16,19). The number of carbonyl (C=O) groups is 1. The minimum atomic E-state index is -0.719. The van der Waals surface area contributed by atoms with Gasteiger partial charge in [-0.2, -0.15) is 0 Å². The van der Waals surface area contributed by atoms with E-state index in [2.05, 4.69) is 15.3 Å². The minimum absolute atomic E-state index is 0.229.